The Bertz CT molecular complexity index is 614. The van der Waals surface area contributed by atoms with Crippen LogP contribution in [0.2, 0.25) is 0 Å². The number of nitrogens with zero attached hydrogens (tertiary/aromatic N) is 1. The number of quaternary nitrogens is 1. The van der Waals surface area contributed by atoms with Gasteiger partial charge in [-0.15, -0.1) is 0 Å². The van der Waals surface area contributed by atoms with Crippen molar-refractivity contribution in [2.75, 3.05) is 47.5 Å². The minimum atomic E-state index is -1.46. The third kappa shape index (κ3) is 24.0. The number of carbonyl (C=O) groups excluding carboxylic acids is 1. The van der Waals surface area contributed by atoms with E-state index in [9.17, 15) is 14.7 Å². The molecule has 0 aromatic heterocycles. The summed E-state index contributed by atoms with van der Waals surface area (Å²) in [6, 6.07) is 0. The van der Waals surface area contributed by atoms with E-state index in [0.717, 1.165) is 44.9 Å². The van der Waals surface area contributed by atoms with Gasteiger partial charge in [-0.25, -0.2) is 4.79 Å². The van der Waals surface area contributed by atoms with Gasteiger partial charge in [-0.2, -0.15) is 0 Å². The summed E-state index contributed by atoms with van der Waals surface area (Å²) >= 11 is 0. The van der Waals surface area contributed by atoms with E-state index in [4.69, 9.17) is 19.3 Å². The molecule has 8 heteroatoms. The lowest BCUT2D eigenvalue weighted by Crippen LogP contribution is -2.40. The van der Waals surface area contributed by atoms with Crippen molar-refractivity contribution in [1.82, 2.24) is 0 Å². The summed E-state index contributed by atoms with van der Waals surface area (Å²) < 4.78 is 16.0. The smallest absolute Gasteiger partial charge is 0.361 e. The number of carboxylic acids is 1. The second kappa shape index (κ2) is 22.5. The average molecular weight is 515 g/mol. The van der Waals surface area contributed by atoms with Crippen LogP contribution in [0.3, 0.4) is 0 Å². The molecule has 36 heavy (non-hydrogen) atoms. The minimum absolute atomic E-state index is 0.207. The van der Waals surface area contributed by atoms with E-state index in [0.29, 0.717) is 17.4 Å². The molecule has 0 rings (SSSR count). The molecule has 0 heterocycles. The van der Waals surface area contributed by atoms with E-state index in [-0.39, 0.29) is 25.8 Å². The molecule has 0 fully saturated rings. The topological polar surface area (TPSA) is 102 Å². The van der Waals surface area contributed by atoms with Crippen molar-refractivity contribution in [2.45, 2.75) is 96.4 Å². The van der Waals surface area contributed by atoms with Gasteiger partial charge in [-0.3, -0.25) is 4.79 Å². The van der Waals surface area contributed by atoms with Crippen LogP contribution in [0.4, 0.5) is 0 Å². The Labute approximate surface area is 218 Å². The van der Waals surface area contributed by atoms with Gasteiger partial charge in [0, 0.05) is 6.42 Å². The predicted octanol–water partition coefficient (Wildman–Crippen LogP) is 4.85. The quantitative estimate of drug-likeness (QED) is 0.0624. The molecule has 0 aliphatic carbocycles. The number of rotatable bonds is 24. The van der Waals surface area contributed by atoms with Crippen LogP contribution in [-0.2, 0) is 23.8 Å². The number of aliphatic hydroxyl groups excluding tert-OH is 1. The number of hydrogen-bond acceptors (Lipinski definition) is 6. The zero-order valence-electron chi connectivity index (χ0n) is 23.2. The Morgan fingerprint density at radius 2 is 1.44 bits per heavy atom. The van der Waals surface area contributed by atoms with Crippen molar-refractivity contribution in [3.8, 4) is 0 Å². The first kappa shape index (κ1) is 34.3. The zero-order valence-corrected chi connectivity index (χ0v) is 23.2. The highest BCUT2D eigenvalue weighted by molar-refractivity contribution is 5.70. The Kier molecular flexibility index (Phi) is 21.4. The molecular weight excluding hydrogens is 462 g/mol. The number of aliphatic hydroxyl groups is 1. The number of carbonyl (C=O) groups is 2. The van der Waals surface area contributed by atoms with Gasteiger partial charge in [0.2, 0.25) is 0 Å². The highest BCUT2D eigenvalue weighted by Crippen LogP contribution is 2.09. The van der Waals surface area contributed by atoms with E-state index in [2.05, 4.69) is 31.2 Å². The maximum Gasteiger partial charge on any atom is 0.361 e. The number of ether oxygens (including phenoxy) is 3. The first-order valence-electron chi connectivity index (χ1n) is 13.6. The summed E-state index contributed by atoms with van der Waals surface area (Å²) in [6.45, 7) is 2.52. The molecule has 0 bridgehead atoms. The third-order valence-electron chi connectivity index (χ3n) is 5.44. The van der Waals surface area contributed by atoms with Crippen LogP contribution in [0.1, 0.15) is 84.0 Å². The summed E-state index contributed by atoms with van der Waals surface area (Å²) in [7, 11) is 5.90. The zero-order chi connectivity index (χ0) is 27.1. The van der Waals surface area contributed by atoms with Crippen molar-refractivity contribution in [3.05, 3.63) is 24.3 Å². The van der Waals surface area contributed by atoms with Crippen LogP contribution >= 0.6 is 0 Å². The van der Waals surface area contributed by atoms with Crippen LogP contribution in [0.5, 0.6) is 0 Å². The molecule has 8 nitrogen and oxygen atoms in total. The van der Waals surface area contributed by atoms with E-state index < -0.39 is 18.4 Å². The Morgan fingerprint density at radius 3 is 2.06 bits per heavy atom. The summed E-state index contributed by atoms with van der Waals surface area (Å²) in [5.41, 5.74) is 0. The lowest BCUT2D eigenvalue weighted by Gasteiger charge is -2.24. The maximum atomic E-state index is 11.9. The van der Waals surface area contributed by atoms with Crippen LogP contribution < -0.4 is 0 Å². The highest BCUT2D eigenvalue weighted by atomic mass is 16.7. The molecule has 0 aliphatic heterocycles. The van der Waals surface area contributed by atoms with Crippen LogP contribution in [0, 0.1) is 0 Å². The van der Waals surface area contributed by atoms with Crippen molar-refractivity contribution < 1.29 is 38.5 Å². The molecule has 2 N–H and O–H groups in total. The van der Waals surface area contributed by atoms with Crippen molar-refractivity contribution in [2.24, 2.45) is 0 Å². The van der Waals surface area contributed by atoms with Gasteiger partial charge in [0.25, 0.3) is 6.29 Å². The lowest BCUT2D eigenvalue weighted by molar-refractivity contribution is -0.870. The fourth-order valence-electron chi connectivity index (χ4n) is 3.21. The molecule has 0 aromatic carbocycles. The molecule has 0 aliphatic rings. The van der Waals surface area contributed by atoms with E-state index >= 15 is 0 Å². The standard InChI is InChI=1S/C28H51NO7/c1-5-6-7-8-9-10-11-12-13-14-15-16-17-18-19-20-26(31)35-23-25(30)24-36-28(27(32)33)34-22-21-29(2,3)4/h9-10,12-13,25,28,30H,5-8,11,14-24H2,1-4H3/p+1/b10-9-,13-12-. The summed E-state index contributed by atoms with van der Waals surface area (Å²) in [5, 5.41) is 19.1. The lowest BCUT2D eigenvalue weighted by atomic mass is 10.1. The molecule has 0 spiro atoms. The van der Waals surface area contributed by atoms with Gasteiger partial charge in [0.1, 0.15) is 19.3 Å². The van der Waals surface area contributed by atoms with Crippen molar-refractivity contribution in [3.63, 3.8) is 0 Å². The molecule has 0 saturated heterocycles. The molecule has 0 saturated carbocycles. The number of unbranched alkanes of at least 4 members (excludes halogenated alkanes) is 8. The van der Waals surface area contributed by atoms with Crippen LogP contribution in [0.15, 0.2) is 24.3 Å². The van der Waals surface area contributed by atoms with Gasteiger partial charge in [0.15, 0.2) is 0 Å². The molecule has 2 unspecified atom stereocenters. The Balaban J connectivity index is 3.71. The highest BCUT2D eigenvalue weighted by Gasteiger charge is 2.22. The van der Waals surface area contributed by atoms with Crippen molar-refractivity contribution >= 4 is 11.9 Å². The summed E-state index contributed by atoms with van der Waals surface area (Å²) in [6.07, 6.45) is 19.0. The second-order valence-electron chi connectivity index (χ2n) is 10.2. The average Bonchev–Trinajstić information content (AvgIpc) is 2.81. The first-order valence-corrected chi connectivity index (χ1v) is 13.6. The number of esters is 1. The number of allylic oxidation sites excluding steroid dienone is 4. The van der Waals surface area contributed by atoms with Gasteiger partial charge < -0.3 is 28.9 Å². The largest absolute Gasteiger partial charge is 0.477 e. The van der Waals surface area contributed by atoms with E-state index in [1.54, 1.807) is 0 Å². The second-order valence-corrected chi connectivity index (χ2v) is 10.2. The minimum Gasteiger partial charge on any atom is -0.477 e. The van der Waals surface area contributed by atoms with E-state index in [1.165, 1.54) is 25.7 Å². The van der Waals surface area contributed by atoms with Crippen LogP contribution in [0.25, 0.3) is 0 Å². The first-order chi connectivity index (χ1) is 17.2. The Hall–Kier alpha value is -1.74. The molecule has 0 amide bonds. The van der Waals surface area contributed by atoms with Crippen LogP contribution in [-0.4, -0.2) is 86.5 Å². The Morgan fingerprint density at radius 1 is 0.833 bits per heavy atom. The molecule has 210 valence electrons. The van der Waals surface area contributed by atoms with Gasteiger partial charge in [-0.1, -0.05) is 63.3 Å². The molecule has 2 atom stereocenters. The summed E-state index contributed by atoms with van der Waals surface area (Å²) in [4.78, 5) is 23.1. The summed E-state index contributed by atoms with van der Waals surface area (Å²) in [5.74, 6) is -1.63. The fraction of sp³-hybridized carbons (Fsp3) is 0.786. The molecular formula is C28H52NO7+. The molecule has 0 aromatic rings. The number of aliphatic carboxylic acids is 1. The number of likely N-dealkylation sites (N-methyl/N-ethyl adjacent to an activating group) is 1. The maximum absolute atomic E-state index is 11.9. The van der Waals surface area contributed by atoms with Crippen molar-refractivity contribution in [1.29, 1.82) is 0 Å². The fourth-order valence-corrected chi connectivity index (χ4v) is 3.21. The van der Waals surface area contributed by atoms with Gasteiger partial charge in [-0.05, 0) is 38.5 Å². The normalized spacial score (nSPS) is 13.9. The number of hydrogen-bond donors (Lipinski definition) is 2. The van der Waals surface area contributed by atoms with E-state index in [1.807, 2.05) is 21.1 Å². The predicted molar refractivity (Wildman–Crippen MR) is 143 cm³/mol. The van der Waals surface area contributed by atoms with Gasteiger partial charge >= 0.3 is 11.9 Å². The van der Waals surface area contributed by atoms with Gasteiger partial charge in [0.05, 0.1) is 34.4 Å². The third-order valence-corrected chi connectivity index (χ3v) is 5.44. The monoisotopic (exact) mass is 514 g/mol. The number of carboxylic acid groups (broad SMARTS) is 1. The SMILES string of the molecule is CCCCC/C=C\C/C=C\CCCCCCCC(=O)OCC(O)COC(OCC[N+](C)(C)C)C(=O)O. The molecule has 0 radical (unpaired) electrons.